The van der Waals surface area contributed by atoms with Crippen LogP contribution in [-0.4, -0.2) is 0 Å². The quantitative estimate of drug-likeness (QED) is 0.670. The van der Waals surface area contributed by atoms with Gasteiger partial charge in [-0.1, -0.05) is 42.3 Å². The Morgan fingerprint density at radius 1 is 1.15 bits per heavy atom. The Balaban J connectivity index is 2.20. The third-order valence-electron chi connectivity index (χ3n) is 2.95. The normalized spacial score (nSPS) is 12.2. The number of ether oxygens (including phenoxy) is 1. The molecule has 0 fully saturated rings. The molecule has 1 atom stereocenters. The van der Waals surface area contributed by atoms with Crippen molar-refractivity contribution in [3.05, 3.63) is 56.5 Å². The van der Waals surface area contributed by atoms with Gasteiger partial charge in [-0.15, -0.1) is 0 Å². The molecule has 2 N–H and O–H groups in total. The van der Waals surface area contributed by atoms with Gasteiger partial charge in [0, 0.05) is 16.6 Å². The molecule has 0 saturated heterocycles. The lowest BCUT2D eigenvalue weighted by Gasteiger charge is -2.12. The van der Waals surface area contributed by atoms with E-state index in [1.54, 1.807) is 12.1 Å². The number of hydrogen-bond donors (Lipinski definition) is 1. The molecule has 2 nitrogen and oxygen atoms in total. The Bertz CT molecular complexity index is 602. The van der Waals surface area contributed by atoms with Gasteiger partial charge in [0.15, 0.2) is 0 Å². The van der Waals surface area contributed by atoms with Crippen LogP contribution in [0.4, 0.5) is 0 Å². The first-order valence-corrected chi connectivity index (χ1v) is 7.74. The van der Waals surface area contributed by atoms with Crippen LogP contribution in [0.1, 0.15) is 24.9 Å². The van der Waals surface area contributed by atoms with Crippen molar-refractivity contribution in [3.63, 3.8) is 0 Å². The Labute approximate surface area is 137 Å². The third kappa shape index (κ3) is 3.67. The van der Waals surface area contributed by atoms with Gasteiger partial charge in [0.25, 0.3) is 0 Å². The molecule has 2 aromatic rings. The zero-order valence-electron chi connectivity index (χ0n) is 10.9. The molecule has 0 aliphatic rings. The second kappa shape index (κ2) is 6.81. The first kappa shape index (κ1) is 15.6. The maximum Gasteiger partial charge on any atom is 0.147 e. The van der Waals surface area contributed by atoms with Gasteiger partial charge in [-0.3, -0.25) is 0 Å². The van der Waals surface area contributed by atoms with E-state index < -0.39 is 0 Å². The predicted octanol–water partition coefficient (Wildman–Crippen LogP) is 5.96. The summed E-state index contributed by atoms with van der Waals surface area (Å²) >= 11 is 15.5. The average molecular weight is 375 g/mol. The zero-order valence-corrected chi connectivity index (χ0v) is 14.0. The summed E-state index contributed by atoms with van der Waals surface area (Å²) in [5.41, 5.74) is 7.06. The molecule has 0 amide bonds. The van der Waals surface area contributed by atoms with Crippen molar-refractivity contribution in [1.82, 2.24) is 0 Å². The van der Waals surface area contributed by atoms with E-state index in [0.717, 1.165) is 16.5 Å². The van der Waals surface area contributed by atoms with E-state index in [1.165, 1.54) is 0 Å². The van der Waals surface area contributed by atoms with Gasteiger partial charge < -0.3 is 10.5 Å². The molecule has 106 valence electrons. The second-order valence-electron chi connectivity index (χ2n) is 4.38. The van der Waals surface area contributed by atoms with E-state index >= 15 is 0 Å². The van der Waals surface area contributed by atoms with Crippen LogP contribution in [0.15, 0.2) is 40.9 Å². The fourth-order valence-corrected chi connectivity index (χ4v) is 2.56. The fraction of sp³-hybridized carbons (Fsp3) is 0.200. The van der Waals surface area contributed by atoms with Crippen LogP contribution in [0.25, 0.3) is 0 Å². The van der Waals surface area contributed by atoms with Crippen molar-refractivity contribution in [2.75, 3.05) is 0 Å². The monoisotopic (exact) mass is 373 g/mol. The SMILES string of the molecule is CC[C@@H](N)c1ccc(Oc2cc(Cl)c(Br)cc2Cl)cc1. The van der Waals surface area contributed by atoms with Gasteiger partial charge in [-0.25, -0.2) is 0 Å². The summed E-state index contributed by atoms with van der Waals surface area (Å²) in [5, 5.41) is 1.05. The molecule has 0 aliphatic heterocycles. The highest BCUT2D eigenvalue weighted by atomic mass is 79.9. The molecule has 0 saturated carbocycles. The molecule has 20 heavy (non-hydrogen) atoms. The van der Waals surface area contributed by atoms with E-state index in [9.17, 15) is 0 Å². The molecule has 2 rings (SSSR count). The fourth-order valence-electron chi connectivity index (χ4n) is 1.73. The summed E-state index contributed by atoms with van der Waals surface area (Å²) in [4.78, 5) is 0. The lowest BCUT2D eigenvalue weighted by molar-refractivity contribution is 0.482. The van der Waals surface area contributed by atoms with Crippen LogP contribution >= 0.6 is 39.1 Å². The number of halogens is 3. The van der Waals surface area contributed by atoms with E-state index in [1.807, 2.05) is 24.3 Å². The molecule has 0 bridgehead atoms. The van der Waals surface area contributed by atoms with Crippen LogP contribution in [0, 0.1) is 0 Å². The second-order valence-corrected chi connectivity index (χ2v) is 6.05. The number of rotatable bonds is 4. The lowest BCUT2D eigenvalue weighted by Crippen LogP contribution is -2.08. The van der Waals surface area contributed by atoms with Gasteiger partial charge in [0.1, 0.15) is 11.5 Å². The van der Waals surface area contributed by atoms with Crippen LogP contribution in [0.3, 0.4) is 0 Å². The smallest absolute Gasteiger partial charge is 0.147 e. The van der Waals surface area contributed by atoms with Crippen LogP contribution in [-0.2, 0) is 0 Å². The number of nitrogens with two attached hydrogens (primary N) is 1. The molecule has 2 aromatic carbocycles. The van der Waals surface area contributed by atoms with Crippen LogP contribution in [0.2, 0.25) is 10.0 Å². The Morgan fingerprint density at radius 3 is 2.40 bits per heavy atom. The number of benzene rings is 2. The predicted molar refractivity (Wildman–Crippen MR) is 87.9 cm³/mol. The first-order valence-electron chi connectivity index (χ1n) is 6.19. The molecule has 0 spiro atoms. The molecular weight excluding hydrogens is 361 g/mol. The van der Waals surface area contributed by atoms with Crippen molar-refractivity contribution < 1.29 is 4.74 Å². The molecule has 0 radical (unpaired) electrons. The van der Waals surface area contributed by atoms with Crippen LogP contribution in [0.5, 0.6) is 11.5 Å². The lowest BCUT2D eigenvalue weighted by atomic mass is 10.1. The van der Waals surface area contributed by atoms with E-state index in [2.05, 4.69) is 22.9 Å². The highest BCUT2D eigenvalue weighted by Crippen LogP contribution is 2.36. The van der Waals surface area contributed by atoms with Gasteiger partial charge >= 0.3 is 0 Å². The summed E-state index contributed by atoms with van der Waals surface area (Å²) in [5.74, 6) is 1.21. The highest BCUT2D eigenvalue weighted by Gasteiger charge is 2.09. The zero-order chi connectivity index (χ0) is 14.7. The molecule has 0 heterocycles. The van der Waals surface area contributed by atoms with Crippen LogP contribution < -0.4 is 10.5 Å². The minimum Gasteiger partial charge on any atom is -0.456 e. The largest absolute Gasteiger partial charge is 0.456 e. The summed E-state index contributed by atoms with van der Waals surface area (Å²) in [7, 11) is 0. The summed E-state index contributed by atoms with van der Waals surface area (Å²) < 4.78 is 6.47. The molecular formula is C15H14BrCl2NO. The van der Waals surface area contributed by atoms with E-state index in [4.69, 9.17) is 33.7 Å². The maximum atomic E-state index is 6.12. The Morgan fingerprint density at radius 2 is 1.80 bits per heavy atom. The van der Waals surface area contributed by atoms with Crippen molar-refractivity contribution >= 4 is 39.1 Å². The van der Waals surface area contributed by atoms with E-state index in [-0.39, 0.29) is 6.04 Å². The van der Waals surface area contributed by atoms with Crippen molar-refractivity contribution in [2.45, 2.75) is 19.4 Å². The minimum absolute atomic E-state index is 0.0507. The Hall–Kier alpha value is -0.740. The summed E-state index contributed by atoms with van der Waals surface area (Å²) in [6, 6.07) is 11.1. The molecule has 0 aromatic heterocycles. The molecule has 0 aliphatic carbocycles. The Kier molecular flexibility index (Phi) is 5.33. The minimum atomic E-state index is 0.0507. The highest BCUT2D eigenvalue weighted by molar-refractivity contribution is 9.10. The maximum absolute atomic E-state index is 6.12. The first-order chi connectivity index (χ1) is 9.51. The van der Waals surface area contributed by atoms with Gasteiger partial charge in [0.05, 0.1) is 10.0 Å². The number of hydrogen-bond acceptors (Lipinski definition) is 2. The topological polar surface area (TPSA) is 35.2 Å². The van der Waals surface area contributed by atoms with Gasteiger partial charge in [-0.05, 0) is 46.1 Å². The molecule has 5 heteroatoms. The summed E-state index contributed by atoms with van der Waals surface area (Å²) in [6.07, 6.45) is 0.897. The van der Waals surface area contributed by atoms with Crippen molar-refractivity contribution in [3.8, 4) is 11.5 Å². The van der Waals surface area contributed by atoms with E-state index in [0.29, 0.717) is 21.5 Å². The van der Waals surface area contributed by atoms with Gasteiger partial charge in [-0.2, -0.15) is 0 Å². The average Bonchev–Trinajstić information content (AvgIpc) is 2.44. The standard InChI is InChI=1S/C15H14BrCl2NO/c1-2-14(19)9-3-5-10(6-4-9)20-15-8-12(17)11(16)7-13(15)18/h3-8,14H,2,19H2,1H3/t14-/m1/s1. The van der Waals surface area contributed by atoms with Crippen molar-refractivity contribution in [1.29, 1.82) is 0 Å². The molecule has 0 unspecified atom stereocenters. The van der Waals surface area contributed by atoms with Gasteiger partial charge in [0.2, 0.25) is 0 Å². The summed E-state index contributed by atoms with van der Waals surface area (Å²) in [6.45, 7) is 2.05. The van der Waals surface area contributed by atoms with Crippen molar-refractivity contribution in [2.24, 2.45) is 5.73 Å². The third-order valence-corrected chi connectivity index (χ3v) is 4.44.